The molecule has 2 aliphatic heterocycles. The average molecular weight is 255 g/mol. The number of carbonyl (C=O) groups excluding carboxylic acids is 1. The maximum atomic E-state index is 11.7. The van der Waals surface area contributed by atoms with Gasteiger partial charge in [-0.15, -0.1) is 0 Å². The molecule has 18 heavy (non-hydrogen) atoms. The highest BCUT2D eigenvalue weighted by molar-refractivity contribution is 5.79. The van der Waals surface area contributed by atoms with Crippen molar-refractivity contribution in [3.05, 3.63) is 0 Å². The Morgan fingerprint density at radius 1 is 1.33 bits per heavy atom. The quantitative estimate of drug-likeness (QED) is 0.747. The molecule has 2 saturated heterocycles. The number of hydrogen-bond acceptors (Lipinski definition) is 3. The van der Waals surface area contributed by atoms with E-state index >= 15 is 0 Å². The van der Waals surface area contributed by atoms with E-state index in [9.17, 15) is 9.59 Å². The lowest BCUT2D eigenvalue weighted by Crippen LogP contribution is -2.56. The summed E-state index contributed by atoms with van der Waals surface area (Å²) in [5.74, 6) is -0.672. The molecule has 2 aliphatic rings. The Morgan fingerprint density at radius 2 is 2.06 bits per heavy atom. The van der Waals surface area contributed by atoms with Gasteiger partial charge in [0.1, 0.15) is 0 Å². The van der Waals surface area contributed by atoms with Crippen LogP contribution in [0.15, 0.2) is 0 Å². The van der Waals surface area contributed by atoms with Crippen LogP contribution in [-0.4, -0.2) is 66.7 Å². The number of nitrogens with zero attached hydrogens (tertiary/aromatic N) is 2. The molecule has 2 N–H and O–H groups in total. The lowest BCUT2D eigenvalue weighted by molar-refractivity contribution is -0.146. The van der Waals surface area contributed by atoms with Crippen LogP contribution in [0.3, 0.4) is 0 Å². The molecule has 2 heterocycles. The van der Waals surface area contributed by atoms with Crippen molar-refractivity contribution >= 4 is 12.0 Å². The molecule has 0 bridgehead atoms. The Balaban J connectivity index is 1.65. The minimum atomic E-state index is -0.812. The van der Waals surface area contributed by atoms with Crippen molar-refractivity contribution in [3.63, 3.8) is 0 Å². The first kappa shape index (κ1) is 13.1. The van der Waals surface area contributed by atoms with Crippen molar-refractivity contribution in [1.82, 2.24) is 15.1 Å². The summed E-state index contributed by atoms with van der Waals surface area (Å²) >= 11 is 0. The molecule has 6 nitrogen and oxygen atoms in total. The highest BCUT2D eigenvalue weighted by atomic mass is 16.4. The molecule has 0 aromatic heterocycles. The Hall–Kier alpha value is -1.30. The van der Waals surface area contributed by atoms with E-state index in [1.54, 1.807) is 4.90 Å². The van der Waals surface area contributed by atoms with Crippen LogP contribution in [0.4, 0.5) is 4.79 Å². The second kappa shape index (κ2) is 5.56. The predicted molar refractivity (Wildman–Crippen MR) is 66.3 cm³/mol. The van der Waals surface area contributed by atoms with E-state index in [2.05, 4.69) is 17.3 Å². The number of nitrogens with one attached hydrogen (secondary N) is 1. The molecule has 6 heteroatoms. The number of likely N-dealkylation sites (tertiary alicyclic amines) is 2. The number of amides is 2. The average Bonchev–Trinajstić information content (AvgIpc) is 2.24. The SMILES string of the molecule is CN1CCCC(CNC(=O)N2CC(C(=O)O)C2)C1. The number of carboxylic acids is 1. The minimum absolute atomic E-state index is 0.124. The molecule has 0 aromatic rings. The van der Waals surface area contributed by atoms with Gasteiger partial charge < -0.3 is 20.2 Å². The highest BCUT2D eigenvalue weighted by Crippen LogP contribution is 2.17. The third-order valence-electron chi connectivity index (χ3n) is 3.78. The number of carbonyl (C=O) groups is 2. The van der Waals surface area contributed by atoms with Gasteiger partial charge in [0.05, 0.1) is 5.92 Å². The number of hydrogen-bond donors (Lipinski definition) is 2. The summed E-state index contributed by atoms with van der Waals surface area (Å²) in [6, 6.07) is -0.124. The van der Waals surface area contributed by atoms with Crippen LogP contribution < -0.4 is 5.32 Å². The second-order valence-corrected chi connectivity index (χ2v) is 5.40. The zero-order chi connectivity index (χ0) is 13.1. The molecular formula is C12H21N3O3. The largest absolute Gasteiger partial charge is 0.481 e. The first-order valence-corrected chi connectivity index (χ1v) is 6.50. The van der Waals surface area contributed by atoms with Gasteiger partial charge in [0.25, 0.3) is 0 Å². The number of piperidine rings is 1. The number of urea groups is 1. The van der Waals surface area contributed by atoms with Crippen molar-refractivity contribution in [2.75, 3.05) is 39.8 Å². The Labute approximate surface area is 107 Å². The molecule has 0 saturated carbocycles. The van der Waals surface area contributed by atoms with E-state index in [1.807, 2.05) is 0 Å². The Morgan fingerprint density at radius 3 is 2.67 bits per heavy atom. The maximum absolute atomic E-state index is 11.7. The fourth-order valence-electron chi connectivity index (χ4n) is 2.58. The highest BCUT2D eigenvalue weighted by Gasteiger charge is 2.35. The van der Waals surface area contributed by atoms with Gasteiger partial charge in [-0.3, -0.25) is 4.79 Å². The van der Waals surface area contributed by atoms with Crippen molar-refractivity contribution in [2.24, 2.45) is 11.8 Å². The molecule has 2 rings (SSSR count). The third-order valence-corrected chi connectivity index (χ3v) is 3.78. The monoisotopic (exact) mass is 255 g/mol. The molecule has 0 aliphatic carbocycles. The molecule has 0 spiro atoms. The van der Waals surface area contributed by atoms with E-state index in [0.29, 0.717) is 25.6 Å². The molecule has 1 atom stereocenters. The molecule has 2 amide bonds. The van der Waals surface area contributed by atoms with Crippen molar-refractivity contribution in [1.29, 1.82) is 0 Å². The van der Waals surface area contributed by atoms with Crippen LogP contribution in [0.2, 0.25) is 0 Å². The van der Waals surface area contributed by atoms with E-state index in [-0.39, 0.29) is 11.9 Å². The van der Waals surface area contributed by atoms with Gasteiger partial charge in [0, 0.05) is 26.2 Å². The van der Waals surface area contributed by atoms with Gasteiger partial charge >= 0.3 is 12.0 Å². The summed E-state index contributed by atoms with van der Waals surface area (Å²) < 4.78 is 0. The molecule has 0 radical (unpaired) electrons. The van der Waals surface area contributed by atoms with E-state index in [1.165, 1.54) is 6.42 Å². The normalized spacial score (nSPS) is 25.6. The van der Waals surface area contributed by atoms with Crippen LogP contribution in [-0.2, 0) is 4.79 Å². The van der Waals surface area contributed by atoms with Gasteiger partial charge in [0.15, 0.2) is 0 Å². The van der Waals surface area contributed by atoms with Gasteiger partial charge in [-0.1, -0.05) is 0 Å². The lowest BCUT2D eigenvalue weighted by atomic mass is 9.98. The van der Waals surface area contributed by atoms with Crippen LogP contribution in [0.1, 0.15) is 12.8 Å². The van der Waals surface area contributed by atoms with Gasteiger partial charge in [-0.05, 0) is 32.4 Å². The maximum Gasteiger partial charge on any atom is 0.317 e. The minimum Gasteiger partial charge on any atom is -0.481 e. The standard InChI is InChI=1S/C12H21N3O3/c1-14-4-2-3-9(6-14)5-13-12(18)15-7-10(8-15)11(16)17/h9-10H,2-8H2,1H3,(H,13,18)(H,16,17). The number of rotatable bonds is 3. The van der Waals surface area contributed by atoms with E-state index < -0.39 is 5.97 Å². The predicted octanol–water partition coefficient (Wildman–Crippen LogP) is 0.0542. The molecule has 102 valence electrons. The smallest absolute Gasteiger partial charge is 0.317 e. The Kier molecular flexibility index (Phi) is 4.06. The first-order valence-electron chi connectivity index (χ1n) is 6.50. The van der Waals surface area contributed by atoms with Gasteiger partial charge in [-0.2, -0.15) is 0 Å². The fraction of sp³-hybridized carbons (Fsp3) is 0.833. The van der Waals surface area contributed by atoms with Crippen LogP contribution in [0, 0.1) is 11.8 Å². The molecule has 2 fully saturated rings. The molecule has 0 aromatic carbocycles. The zero-order valence-corrected chi connectivity index (χ0v) is 10.8. The Bertz CT molecular complexity index is 329. The third kappa shape index (κ3) is 3.13. The zero-order valence-electron chi connectivity index (χ0n) is 10.8. The van der Waals surface area contributed by atoms with E-state index in [0.717, 1.165) is 19.5 Å². The van der Waals surface area contributed by atoms with E-state index in [4.69, 9.17) is 5.11 Å². The summed E-state index contributed by atoms with van der Waals surface area (Å²) in [6.07, 6.45) is 2.34. The van der Waals surface area contributed by atoms with Crippen molar-refractivity contribution in [2.45, 2.75) is 12.8 Å². The van der Waals surface area contributed by atoms with Crippen LogP contribution >= 0.6 is 0 Å². The summed E-state index contributed by atoms with van der Waals surface area (Å²) in [5, 5.41) is 11.6. The van der Waals surface area contributed by atoms with Gasteiger partial charge in [-0.25, -0.2) is 4.79 Å². The number of carboxylic acid groups (broad SMARTS) is 1. The van der Waals surface area contributed by atoms with Crippen molar-refractivity contribution < 1.29 is 14.7 Å². The summed E-state index contributed by atoms with van der Waals surface area (Å²) in [4.78, 5) is 26.2. The molecule has 1 unspecified atom stereocenters. The van der Waals surface area contributed by atoms with Gasteiger partial charge in [0.2, 0.25) is 0 Å². The summed E-state index contributed by atoms with van der Waals surface area (Å²) in [7, 11) is 2.10. The van der Waals surface area contributed by atoms with Crippen LogP contribution in [0.25, 0.3) is 0 Å². The summed E-state index contributed by atoms with van der Waals surface area (Å²) in [6.45, 7) is 3.53. The lowest BCUT2D eigenvalue weighted by Gasteiger charge is -2.37. The van der Waals surface area contributed by atoms with Crippen LogP contribution in [0.5, 0.6) is 0 Å². The molecular weight excluding hydrogens is 234 g/mol. The fourth-order valence-corrected chi connectivity index (χ4v) is 2.58. The van der Waals surface area contributed by atoms with Crippen molar-refractivity contribution in [3.8, 4) is 0 Å². The summed E-state index contributed by atoms with van der Waals surface area (Å²) in [5.41, 5.74) is 0. The first-order chi connectivity index (χ1) is 8.56. The topological polar surface area (TPSA) is 72.9 Å². The second-order valence-electron chi connectivity index (χ2n) is 5.40. The number of aliphatic carboxylic acids is 1.